The third kappa shape index (κ3) is 6.95. The van der Waals surface area contributed by atoms with Gasteiger partial charge in [0.1, 0.15) is 23.0 Å². The van der Waals surface area contributed by atoms with Crippen LogP contribution in [-0.2, 0) is 20.7 Å². The lowest BCUT2D eigenvalue weighted by molar-refractivity contribution is -0.151. The van der Waals surface area contributed by atoms with Gasteiger partial charge in [0.05, 0.1) is 18.4 Å². The van der Waals surface area contributed by atoms with Gasteiger partial charge in [-0.3, -0.25) is 10.1 Å². The number of benzene rings is 1. The van der Waals surface area contributed by atoms with Crippen molar-refractivity contribution in [2.75, 3.05) is 26.2 Å². The van der Waals surface area contributed by atoms with Crippen LogP contribution in [0, 0.1) is 11.8 Å². The zero-order valence-corrected chi connectivity index (χ0v) is 24.5. The van der Waals surface area contributed by atoms with E-state index >= 15 is 0 Å². The molecule has 0 radical (unpaired) electrons. The number of amides is 2. The van der Waals surface area contributed by atoms with Crippen molar-refractivity contribution in [1.29, 1.82) is 0 Å². The summed E-state index contributed by atoms with van der Waals surface area (Å²) in [5.74, 6) is -0.481. The first-order chi connectivity index (χ1) is 18.2. The maximum Gasteiger partial charge on any atom is 0.409 e. The Balaban J connectivity index is 2.07. The van der Waals surface area contributed by atoms with Gasteiger partial charge in [-0.05, 0) is 56.2 Å². The van der Waals surface area contributed by atoms with E-state index in [0.717, 1.165) is 11.1 Å². The monoisotopic (exact) mass is 564 g/mol. The van der Waals surface area contributed by atoms with Crippen molar-refractivity contribution in [1.82, 2.24) is 5.32 Å². The highest BCUT2D eigenvalue weighted by molar-refractivity contribution is 6.35. The van der Waals surface area contributed by atoms with Gasteiger partial charge < -0.3 is 29.3 Å². The van der Waals surface area contributed by atoms with Gasteiger partial charge in [-0.1, -0.05) is 49.2 Å². The largest absolute Gasteiger partial charge is 0.495 e. The zero-order chi connectivity index (χ0) is 29.1. The van der Waals surface area contributed by atoms with Crippen LogP contribution in [0.25, 0.3) is 0 Å². The summed E-state index contributed by atoms with van der Waals surface area (Å²) in [6.07, 6.45) is 3.87. The smallest absolute Gasteiger partial charge is 0.409 e. The fourth-order valence-electron chi connectivity index (χ4n) is 5.27. The number of hydrogen-bond acceptors (Lipinski definition) is 7. The van der Waals surface area contributed by atoms with E-state index < -0.39 is 29.6 Å². The maximum absolute atomic E-state index is 13.2. The summed E-state index contributed by atoms with van der Waals surface area (Å²) >= 11 is 6.60. The van der Waals surface area contributed by atoms with Crippen molar-refractivity contribution in [2.45, 2.75) is 76.9 Å². The molecule has 0 spiro atoms. The lowest BCUT2D eigenvalue weighted by atomic mass is 9.74. The Hall–Kier alpha value is -2.59. The number of halogens is 1. The molecule has 3 rings (SSSR count). The molecule has 1 saturated heterocycles. The molecule has 9 nitrogen and oxygen atoms in total. The minimum Gasteiger partial charge on any atom is -0.495 e. The topological polar surface area (TPSA) is 118 Å². The van der Waals surface area contributed by atoms with Gasteiger partial charge in [0, 0.05) is 27.0 Å². The summed E-state index contributed by atoms with van der Waals surface area (Å²) in [6.45, 7) is 7.34. The molecule has 4 bridgehead atoms. The van der Waals surface area contributed by atoms with Crippen molar-refractivity contribution in [3.05, 3.63) is 46.5 Å². The number of nitrogens with one attached hydrogen (secondary N) is 1. The van der Waals surface area contributed by atoms with E-state index in [2.05, 4.69) is 5.32 Å². The third-order valence-corrected chi connectivity index (χ3v) is 8.58. The molecule has 1 aromatic rings. The number of methoxy groups -OCH3 is 2. The van der Waals surface area contributed by atoms with Crippen LogP contribution in [0.2, 0.25) is 5.02 Å². The van der Waals surface area contributed by atoms with E-state index in [1.54, 1.807) is 26.1 Å². The number of hydrogen-bond donors (Lipinski definition) is 3. The Morgan fingerprint density at radius 3 is 2.54 bits per heavy atom. The minimum absolute atomic E-state index is 0.0532. The first-order valence-electron chi connectivity index (χ1n) is 13.2. The van der Waals surface area contributed by atoms with E-state index in [1.807, 2.05) is 39.0 Å². The number of nitrogens with zero attached hydrogens (tertiary/aromatic N) is 1. The van der Waals surface area contributed by atoms with Crippen LogP contribution in [0.15, 0.2) is 35.9 Å². The molecule has 6 atom stereocenters. The molecular weight excluding hydrogens is 524 g/mol. The van der Waals surface area contributed by atoms with Crippen LogP contribution in [0.1, 0.15) is 52.5 Å². The normalized spacial score (nSPS) is 34.9. The van der Waals surface area contributed by atoms with Gasteiger partial charge in [-0.15, -0.1) is 0 Å². The predicted molar refractivity (Wildman–Crippen MR) is 150 cm³/mol. The standard InChI is InChI=1S/C29H41ClN2O7/c1-17-9-8-10-24(38-7)29(36)16-23(39-27(34)31-29)18(2)19(3)28(4,35)12-11-25(33)32(5)21-14-20(13-17)15-22(37-6)26(21)30/h8-10,14-15,18-19,23-24,35-36H,11-13,16H2,1-7H3,(H,31,34)/b10-8+,17-9+/t18?,19?,23-,24+,28-,29-/m0/s1. The molecule has 39 heavy (non-hydrogen) atoms. The van der Waals surface area contributed by atoms with Gasteiger partial charge in [-0.2, -0.15) is 0 Å². The first kappa shape index (κ1) is 30.9. The second kappa shape index (κ2) is 12.3. The number of aliphatic hydroxyl groups is 2. The lowest BCUT2D eigenvalue weighted by Gasteiger charge is -2.45. The lowest BCUT2D eigenvalue weighted by Crippen LogP contribution is -2.63. The first-order valence-corrected chi connectivity index (χ1v) is 13.5. The number of ether oxygens (including phenoxy) is 3. The molecule has 1 aromatic carbocycles. The molecule has 2 unspecified atom stereocenters. The SMILES string of the molecule is COc1cc2cc(c1Cl)N(C)C(=O)CC[C@](C)(O)C(C)C(C)[C@@H]1C[C@@](O)(NC(=O)O1)[C@H](OC)/C=C/C=C(\C)C2. The summed E-state index contributed by atoms with van der Waals surface area (Å²) in [5, 5.41) is 25.7. The fraction of sp³-hybridized carbons (Fsp3) is 0.586. The molecule has 0 aliphatic carbocycles. The average molecular weight is 565 g/mol. The van der Waals surface area contributed by atoms with Gasteiger partial charge in [0.15, 0.2) is 5.72 Å². The Morgan fingerprint density at radius 2 is 1.90 bits per heavy atom. The third-order valence-electron chi connectivity index (χ3n) is 8.20. The number of alkyl carbamates (subject to hydrolysis) is 1. The average Bonchev–Trinajstić information content (AvgIpc) is 2.88. The van der Waals surface area contributed by atoms with Crippen LogP contribution in [0.3, 0.4) is 0 Å². The van der Waals surface area contributed by atoms with E-state index in [4.69, 9.17) is 25.8 Å². The van der Waals surface area contributed by atoms with E-state index in [0.29, 0.717) is 22.9 Å². The van der Waals surface area contributed by atoms with Gasteiger partial charge in [0.25, 0.3) is 0 Å². The molecule has 2 amide bonds. The molecule has 2 heterocycles. The zero-order valence-electron chi connectivity index (χ0n) is 23.8. The molecule has 0 saturated carbocycles. The van der Waals surface area contributed by atoms with Crippen LogP contribution in [-0.4, -0.2) is 67.0 Å². The summed E-state index contributed by atoms with van der Waals surface area (Å²) in [4.78, 5) is 27.2. The van der Waals surface area contributed by atoms with Crippen LogP contribution >= 0.6 is 11.6 Å². The number of carbonyl (C=O) groups excluding carboxylic acids is 2. The van der Waals surface area contributed by atoms with E-state index in [9.17, 15) is 19.8 Å². The highest BCUT2D eigenvalue weighted by atomic mass is 35.5. The summed E-state index contributed by atoms with van der Waals surface area (Å²) < 4.78 is 16.6. The molecule has 10 heteroatoms. The predicted octanol–water partition coefficient (Wildman–Crippen LogP) is 4.38. The van der Waals surface area contributed by atoms with E-state index in [1.165, 1.54) is 19.1 Å². The van der Waals surface area contributed by atoms with Gasteiger partial charge in [0.2, 0.25) is 5.91 Å². The minimum atomic E-state index is -1.72. The fourth-order valence-corrected chi connectivity index (χ4v) is 5.58. The van der Waals surface area contributed by atoms with Crippen molar-refractivity contribution >= 4 is 29.3 Å². The van der Waals surface area contributed by atoms with Crippen molar-refractivity contribution in [3.8, 4) is 5.75 Å². The number of anilines is 1. The van der Waals surface area contributed by atoms with E-state index in [-0.39, 0.29) is 37.0 Å². The number of allylic oxidation sites excluding steroid dienone is 3. The van der Waals surface area contributed by atoms with Gasteiger partial charge in [-0.25, -0.2) is 4.79 Å². The van der Waals surface area contributed by atoms with Crippen LogP contribution in [0.5, 0.6) is 5.75 Å². The summed E-state index contributed by atoms with van der Waals surface area (Å²) in [6, 6.07) is 3.69. The molecule has 2 aliphatic rings. The summed E-state index contributed by atoms with van der Waals surface area (Å²) in [5.41, 5.74) is -0.581. The molecule has 1 fully saturated rings. The molecule has 3 N–H and O–H groups in total. The van der Waals surface area contributed by atoms with Crippen molar-refractivity contribution in [3.63, 3.8) is 0 Å². The van der Waals surface area contributed by atoms with Crippen molar-refractivity contribution < 1.29 is 34.0 Å². The van der Waals surface area contributed by atoms with Crippen molar-refractivity contribution in [2.24, 2.45) is 11.8 Å². The molecule has 0 aromatic heterocycles. The second-order valence-corrected chi connectivity index (χ2v) is 11.4. The molecule has 216 valence electrons. The van der Waals surface area contributed by atoms with Crippen LogP contribution < -0.4 is 15.0 Å². The Morgan fingerprint density at radius 1 is 1.21 bits per heavy atom. The molecular formula is C29H41ClN2O7. The number of fused-ring (bicyclic) bond motifs is 4. The Labute approximate surface area is 235 Å². The maximum atomic E-state index is 13.2. The van der Waals surface area contributed by atoms with Gasteiger partial charge >= 0.3 is 6.09 Å². The number of carbonyl (C=O) groups is 2. The van der Waals surface area contributed by atoms with Crippen LogP contribution in [0.4, 0.5) is 10.5 Å². The highest BCUT2D eigenvalue weighted by Gasteiger charge is 2.48. The summed E-state index contributed by atoms with van der Waals surface area (Å²) in [7, 11) is 4.64. The second-order valence-electron chi connectivity index (χ2n) is 11.0. The Kier molecular flexibility index (Phi) is 9.75. The number of rotatable bonds is 2. The highest BCUT2D eigenvalue weighted by Crippen LogP contribution is 2.39. The molecule has 2 aliphatic heterocycles. The quantitative estimate of drug-likeness (QED) is 0.488. The Bertz CT molecular complexity index is 1130.